The van der Waals surface area contributed by atoms with E-state index in [9.17, 15) is 4.79 Å². The Hall–Kier alpha value is -1.10. The van der Waals surface area contributed by atoms with Crippen molar-refractivity contribution in [3.63, 3.8) is 0 Å². The lowest BCUT2D eigenvalue weighted by Gasteiger charge is -2.42. The summed E-state index contributed by atoms with van der Waals surface area (Å²) in [5.74, 6) is 0.738. The van der Waals surface area contributed by atoms with Gasteiger partial charge in [-0.2, -0.15) is 0 Å². The number of piperidine rings is 1. The lowest BCUT2D eigenvalue weighted by atomic mass is 9.80. The van der Waals surface area contributed by atoms with Crippen molar-refractivity contribution in [2.24, 2.45) is 17.1 Å². The summed E-state index contributed by atoms with van der Waals surface area (Å²) in [6.45, 7) is 8.77. The Balaban J connectivity index is 0.00000225. The molecule has 0 aromatic heterocycles. The van der Waals surface area contributed by atoms with E-state index in [0.717, 1.165) is 19.5 Å². The summed E-state index contributed by atoms with van der Waals surface area (Å²) in [7, 11) is 0. The average molecular weight is 366 g/mol. The van der Waals surface area contributed by atoms with Crippen molar-refractivity contribution in [1.29, 1.82) is 0 Å². The zero-order chi connectivity index (χ0) is 17.3. The van der Waals surface area contributed by atoms with E-state index in [-0.39, 0.29) is 35.8 Å². The number of likely N-dealkylation sites (tertiary alicyclic amines) is 1. The van der Waals surface area contributed by atoms with Crippen LogP contribution in [-0.2, 0) is 4.79 Å². The fourth-order valence-electron chi connectivity index (χ4n) is 3.72. The molecule has 2 aliphatic rings. The number of nitrogens with zero attached hydrogens (tertiary/aromatic N) is 1. The summed E-state index contributed by atoms with van der Waals surface area (Å²) >= 11 is 0. The van der Waals surface area contributed by atoms with Crippen LogP contribution >= 0.6 is 12.4 Å². The first-order valence-corrected chi connectivity index (χ1v) is 9.19. The number of nitrogens with two attached hydrogens (primary N) is 1. The van der Waals surface area contributed by atoms with Gasteiger partial charge < -0.3 is 11.1 Å². The molecule has 0 spiro atoms. The fraction of sp³-hybridized carbons (Fsp3) is 0.650. The zero-order valence-electron chi connectivity index (χ0n) is 15.6. The van der Waals surface area contributed by atoms with Crippen molar-refractivity contribution in [2.75, 3.05) is 19.6 Å². The van der Waals surface area contributed by atoms with E-state index in [1.54, 1.807) is 0 Å². The van der Waals surface area contributed by atoms with Crippen LogP contribution in [0.15, 0.2) is 24.3 Å². The normalized spacial score (nSPS) is 24.2. The van der Waals surface area contributed by atoms with Crippen LogP contribution < -0.4 is 11.1 Å². The molecular formula is C20H32ClN3O. The average Bonchev–Trinajstić information content (AvgIpc) is 3.34. The zero-order valence-corrected chi connectivity index (χ0v) is 16.4. The lowest BCUT2D eigenvalue weighted by molar-refractivity contribution is -0.124. The quantitative estimate of drug-likeness (QED) is 0.843. The van der Waals surface area contributed by atoms with Gasteiger partial charge in [0.15, 0.2) is 0 Å². The second-order valence-corrected chi connectivity index (χ2v) is 8.39. The summed E-state index contributed by atoms with van der Waals surface area (Å²) < 4.78 is 0. The molecule has 3 rings (SSSR count). The van der Waals surface area contributed by atoms with Gasteiger partial charge in [-0.3, -0.25) is 9.69 Å². The van der Waals surface area contributed by atoms with Gasteiger partial charge in [-0.1, -0.05) is 43.7 Å². The van der Waals surface area contributed by atoms with Crippen LogP contribution in [0.3, 0.4) is 0 Å². The Morgan fingerprint density at radius 3 is 2.48 bits per heavy atom. The van der Waals surface area contributed by atoms with Gasteiger partial charge >= 0.3 is 0 Å². The Labute approximate surface area is 157 Å². The number of aryl methyl sites for hydroxylation is 1. The van der Waals surface area contributed by atoms with E-state index in [1.165, 1.54) is 24.0 Å². The first-order valence-electron chi connectivity index (χ1n) is 9.19. The van der Waals surface area contributed by atoms with Gasteiger partial charge in [0.25, 0.3) is 0 Å². The molecule has 3 N–H and O–H groups in total. The van der Waals surface area contributed by atoms with E-state index in [2.05, 4.69) is 55.3 Å². The Morgan fingerprint density at radius 1 is 1.28 bits per heavy atom. The van der Waals surface area contributed by atoms with E-state index in [1.807, 2.05) is 0 Å². The van der Waals surface area contributed by atoms with Gasteiger partial charge in [-0.05, 0) is 43.1 Å². The van der Waals surface area contributed by atoms with Crippen molar-refractivity contribution < 1.29 is 4.79 Å². The van der Waals surface area contributed by atoms with Crippen molar-refractivity contribution >= 4 is 18.3 Å². The second kappa shape index (κ2) is 8.07. The molecule has 0 bridgehead atoms. The standard InChI is InChI=1S/C20H31N3O.ClH/c1-14-4-6-15(7-5-14)19(16-8-9-16)22-18(24)12-23-11-10-17(21)20(2,3)13-23;/h4-7,16-17,19H,8-13,21H2,1-3H3,(H,22,24);1H. The van der Waals surface area contributed by atoms with Crippen molar-refractivity contribution in [3.8, 4) is 0 Å². The summed E-state index contributed by atoms with van der Waals surface area (Å²) in [4.78, 5) is 14.9. The third kappa shape index (κ3) is 5.19. The topological polar surface area (TPSA) is 58.4 Å². The van der Waals surface area contributed by atoms with Crippen molar-refractivity contribution in [3.05, 3.63) is 35.4 Å². The van der Waals surface area contributed by atoms with Gasteiger partial charge in [0, 0.05) is 19.1 Å². The van der Waals surface area contributed by atoms with Crippen LogP contribution in [0.25, 0.3) is 0 Å². The minimum absolute atomic E-state index is 0. The molecule has 1 aliphatic heterocycles. The molecule has 0 radical (unpaired) electrons. The summed E-state index contributed by atoms with van der Waals surface area (Å²) in [6.07, 6.45) is 3.39. The minimum atomic E-state index is 0. The molecule has 1 aliphatic carbocycles. The number of nitrogens with one attached hydrogen (secondary N) is 1. The molecule has 25 heavy (non-hydrogen) atoms. The monoisotopic (exact) mass is 365 g/mol. The lowest BCUT2D eigenvalue weighted by Crippen LogP contribution is -2.54. The largest absolute Gasteiger partial charge is 0.348 e. The fourth-order valence-corrected chi connectivity index (χ4v) is 3.72. The van der Waals surface area contributed by atoms with Crippen molar-refractivity contribution in [1.82, 2.24) is 10.2 Å². The van der Waals surface area contributed by atoms with E-state index >= 15 is 0 Å². The summed E-state index contributed by atoms with van der Waals surface area (Å²) in [5.41, 5.74) is 8.76. The molecule has 5 heteroatoms. The Morgan fingerprint density at radius 2 is 1.92 bits per heavy atom. The highest BCUT2D eigenvalue weighted by atomic mass is 35.5. The molecular weight excluding hydrogens is 334 g/mol. The number of amides is 1. The first kappa shape index (κ1) is 20.2. The predicted octanol–water partition coefficient (Wildman–Crippen LogP) is 3.04. The molecule has 2 fully saturated rings. The molecule has 2 unspecified atom stereocenters. The molecule has 1 aromatic carbocycles. The molecule has 1 heterocycles. The molecule has 2 atom stereocenters. The molecule has 1 aromatic rings. The molecule has 4 nitrogen and oxygen atoms in total. The maximum absolute atomic E-state index is 12.6. The van der Waals surface area contributed by atoms with Crippen LogP contribution in [0, 0.1) is 18.3 Å². The number of halogens is 1. The molecule has 1 saturated carbocycles. The van der Waals surface area contributed by atoms with Gasteiger partial charge in [0.05, 0.1) is 12.6 Å². The number of hydrogen-bond acceptors (Lipinski definition) is 3. The highest BCUT2D eigenvalue weighted by molar-refractivity contribution is 5.85. The molecule has 1 amide bonds. The Bertz CT molecular complexity index is 583. The number of rotatable bonds is 5. The SMILES string of the molecule is Cc1ccc(C(NC(=O)CN2CCC(N)C(C)(C)C2)C2CC2)cc1.Cl. The van der Waals surface area contributed by atoms with Gasteiger partial charge in [0.2, 0.25) is 5.91 Å². The molecule has 1 saturated heterocycles. The van der Waals surface area contributed by atoms with Crippen LogP contribution in [0.2, 0.25) is 0 Å². The molecule has 140 valence electrons. The van der Waals surface area contributed by atoms with Gasteiger partial charge in [0.1, 0.15) is 0 Å². The smallest absolute Gasteiger partial charge is 0.234 e. The maximum atomic E-state index is 12.6. The third-order valence-corrected chi connectivity index (χ3v) is 5.60. The van der Waals surface area contributed by atoms with Gasteiger partial charge in [-0.25, -0.2) is 0 Å². The highest BCUT2D eigenvalue weighted by Gasteiger charge is 2.36. The van der Waals surface area contributed by atoms with Crippen LogP contribution in [0.1, 0.15) is 50.3 Å². The van der Waals surface area contributed by atoms with Crippen LogP contribution in [-0.4, -0.2) is 36.5 Å². The third-order valence-electron chi connectivity index (χ3n) is 5.60. The van der Waals surface area contributed by atoms with Gasteiger partial charge in [-0.15, -0.1) is 12.4 Å². The van der Waals surface area contributed by atoms with E-state index < -0.39 is 0 Å². The Kier molecular flexibility index (Phi) is 6.52. The van der Waals surface area contributed by atoms with Crippen LogP contribution in [0.4, 0.5) is 0 Å². The van der Waals surface area contributed by atoms with Crippen molar-refractivity contribution in [2.45, 2.75) is 52.1 Å². The minimum Gasteiger partial charge on any atom is -0.348 e. The van der Waals surface area contributed by atoms with E-state index in [0.29, 0.717) is 12.5 Å². The highest BCUT2D eigenvalue weighted by Crippen LogP contribution is 2.41. The number of benzene rings is 1. The van der Waals surface area contributed by atoms with Crippen LogP contribution in [0.5, 0.6) is 0 Å². The van der Waals surface area contributed by atoms with E-state index in [4.69, 9.17) is 5.73 Å². The number of carbonyl (C=O) groups is 1. The number of carbonyl (C=O) groups excluding carboxylic acids is 1. The first-order chi connectivity index (χ1) is 11.3. The second-order valence-electron chi connectivity index (χ2n) is 8.39. The number of hydrogen-bond donors (Lipinski definition) is 2. The maximum Gasteiger partial charge on any atom is 0.234 e. The predicted molar refractivity (Wildman–Crippen MR) is 105 cm³/mol. The summed E-state index contributed by atoms with van der Waals surface area (Å²) in [5, 5.41) is 3.29. The summed E-state index contributed by atoms with van der Waals surface area (Å²) in [6, 6.07) is 8.96.